The Kier molecular flexibility index (Phi) is 3.39. The molecule has 3 rings (SSSR count). The lowest BCUT2D eigenvalue weighted by molar-refractivity contribution is 1.23. The van der Waals surface area contributed by atoms with Gasteiger partial charge in [-0.05, 0) is 23.8 Å². The van der Waals surface area contributed by atoms with Crippen molar-refractivity contribution in [1.82, 2.24) is 15.0 Å². The second-order valence-corrected chi connectivity index (χ2v) is 4.87. The van der Waals surface area contributed by atoms with E-state index in [-0.39, 0.29) is 0 Å². The molecule has 0 aliphatic carbocycles. The first-order chi connectivity index (χ1) is 9.78. The fourth-order valence-corrected chi connectivity index (χ4v) is 2.37. The van der Waals surface area contributed by atoms with Gasteiger partial charge in [0.15, 0.2) is 0 Å². The molecule has 0 spiro atoms. The van der Waals surface area contributed by atoms with E-state index in [9.17, 15) is 0 Å². The quantitative estimate of drug-likeness (QED) is 0.720. The molecule has 0 bridgehead atoms. The van der Waals surface area contributed by atoms with Crippen LogP contribution in [-0.4, -0.2) is 21.2 Å². The van der Waals surface area contributed by atoms with Crippen LogP contribution in [0.1, 0.15) is 0 Å². The fraction of sp³-hybridized carbons (Fsp3) is 0.0714. The number of hydrogen-bond donors (Lipinski definition) is 2. The van der Waals surface area contributed by atoms with Gasteiger partial charge in [-0.3, -0.25) is 4.98 Å². The minimum atomic E-state index is 0.489. The summed E-state index contributed by atoms with van der Waals surface area (Å²) in [7, 11) is 0. The molecule has 1 aromatic carbocycles. The first kappa shape index (κ1) is 12.7. The number of nitrogens with one attached hydrogen (secondary N) is 1. The Balaban J connectivity index is 2.10. The highest BCUT2D eigenvalue weighted by Crippen LogP contribution is 2.27. The lowest BCUT2D eigenvalue weighted by Crippen LogP contribution is -1.93. The fourth-order valence-electron chi connectivity index (χ4n) is 2.03. The molecule has 0 fully saturated rings. The Bertz CT molecular complexity index is 759. The van der Waals surface area contributed by atoms with Crippen LogP contribution in [0.15, 0.2) is 43.0 Å². The number of rotatable bonds is 3. The maximum atomic E-state index is 5.90. The lowest BCUT2D eigenvalue weighted by Gasteiger charge is -2.07. The molecule has 3 aromatic rings. The van der Waals surface area contributed by atoms with Gasteiger partial charge in [-0.2, -0.15) is 0 Å². The molecule has 0 aliphatic rings. The van der Waals surface area contributed by atoms with E-state index in [0.29, 0.717) is 5.82 Å². The number of aromatic nitrogens is 3. The van der Waals surface area contributed by atoms with Crippen LogP contribution in [-0.2, 0) is 0 Å². The van der Waals surface area contributed by atoms with Gasteiger partial charge >= 0.3 is 0 Å². The number of anilines is 2. The molecule has 0 saturated carbocycles. The maximum absolute atomic E-state index is 5.90. The van der Waals surface area contributed by atoms with E-state index < -0.39 is 0 Å². The zero-order valence-corrected chi connectivity index (χ0v) is 11.7. The normalized spacial score (nSPS) is 10.7. The van der Waals surface area contributed by atoms with Crippen LogP contribution < -0.4 is 10.5 Å². The first-order valence-corrected chi connectivity index (χ1v) is 7.25. The highest BCUT2D eigenvalue weighted by atomic mass is 32.2. The van der Waals surface area contributed by atoms with Gasteiger partial charge in [-0.1, -0.05) is 18.0 Å². The molecule has 2 aromatic heterocycles. The summed E-state index contributed by atoms with van der Waals surface area (Å²) in [6, 6.07) is 7.99. The molecule has 20 heavy (non-hydrogen) atoms. The van der Waals surface area contributed by atoms with Crippen molar-refractivity contribution in [1.29, 1.82) is 0 Å². The van der Waals surface area contributed by atoms with E-state index >= 15 is 0 Å². The Morgan fingerprint density at radius 3 is 2.85 bits per heavy atom. The SMILES string of the molecule is CSNc1cncc(-c2ccc3ncnc(N)c3c2)c1. The summed E-state index contributed by atoms with van der Waals surface area (Å²) in [5.74, 6) is 0.489. The molecule has 100 valence electrons. The van der Waals surface area contributed by atoms with Crippen molar-refractivity contribution in [3.05, 3.63) is 43.0 Å². The molecular formula is C14H13N5S. The minimum absolute atomic E-state index is 0.489. The summed E-state index contributed by atoms with van der Waals surface area (Å²) >= 11 is 1.53. The second kappa shape index (κ2) is 5.34. The molecule has 6 heteroatoms. The van der Waals surface area contributed by atoms with Crippen LogP contribution in [0.25, 0.3) is 22.0 Å². The largest absolute Gasteiger partial charge is 0.383 e. The van der Waals surface area contributed by atoms with Crippen LogP contribution in [0.2, 0.25) is 0 Å². The Hall–Kier alpha value is -2.34. The molecule has 0 atom stereocenters. The summed E-state index contributed by atoms with van der Waals surface area (Å²) in [5.41, 5.74) is 9.76. The maximum Gasteiger partial charge on any atom is 0.134 e. The van der Waals surface area contributed by atoms with E-state index in [0.717, 1.165) is 27.7 Å². The van der Waals surface area contributed by atoms with Gasteiger partial charge in [0.1, 0.15) is 12.1 Å². The van der Waals surface area contributed by atoms with Crippen molar-refractivity contribution >= 4 is 34.4 Å². The minimum Gasteiger partial charge on any atom is -0.383 e. The third kappa shape index (κ3) is 2.37. The van der Waals surface area contributed by atoms with Gasteiger partial charge in [-0.25, -0.2) is 9.97 Å². The van der Waals surface area contributed by atoms with Gasteiger partial charge in [0.05, 0.1) is 17.4 Å². The van der Waals surface area contributed by atoms with Crippen molar-refractivity contribution in [3.8, 4) is 11.1 Å². The molecule has 0 radical (unpaired) electrons. The number of hydrogen-bond acceptors (Lipinski definition) is 6. The van der Waals surface area contributed by atoms with E-state index in [1.54, 1.807) is 6.20 Å². The summed E-state index contributed by atoms with van der Waals surface area (Å²) in [4.78, 5) is 12.5. The molecule has 5 nitrogen and oxygen atoms in total. The van der Waals surface area contributed by atoms with E-state index in [1.807, 2.05) is 36.7 Å². The Morgan fingerprint density at radius 1 is 1.10 bits per heavy atom. The highest BCUT2D eigenvalue weighted by molar-refractivity contribution is 7.99. The van der Waals surface area contributed by atoms with Crippen molar-refractivity contribution in [2.24, 2.45) is 0 Å². The summed E-state index contributed by atoms with van der Waals surface area (Å²) in [6.45, 7) is 0. The summed E-state index contributed by atoms with van der Waals surface area (Å²) < 4.78 is 3.17. The number of nitrogens with two attached hydrogens (primary N) is 1. The van der Waals surface area contributed by atoms with Crippen LogP contribution in [0, 0.1) is 0 Å². The van der Waals surface area contributed by atoms with Crippen LogP contribution >= 0.6 is 11.9 Å². The van der Waals surface area contributed by atoms with Gasteiger partial charge < -0.3 is 10.5 Å². The van der Waals surface area contributed by atoms with Gasteiger partial charge in [0, 0.05) is 23.4 Å². The van der Waals surface area contributed by atoms with Crippen molar-refractivity contribution in [3.63, 3.8) is 0 Å². The van der Waals surface area contributed by atoms with Crippen molar-refractivity contribution in [2.45, 2.75) is 0 Å². The van der Waals surface area contributed by atoms with Crippen LogP contribution in [0.3, 0.4) is 0 Å². The second-order valence-electron chi connectivity index (χ2n) is 4.26. The lowest BCUT2D eigenvalue weighted by atomic mass is 10.0. The summed E-state index contributed by atoms with van der Waals surface area (Å²) in [6.07, 6.45) is 7.06. The van der Waals surface area contributed by atoms with Gasteiger partial charge in [0.2, 0.25) is 0 Å². The Morgan fingerprint density at radius 2 is 2.00 bits per heavy atom. The molecule has 3 N–H and O–H groups in total. The number of pyridine rings is 1. The van der Waals surface area contributed by atoms with E-state index in [1.165, 1.54) is 18.3 Å². The van der Waals surface area contributed by atoms with E-state index in [4.69, 9.17) is 5.73 Å². The molecular weight excluding hydrogens is 270 g/mol. The smallest absolute Gasteiger partial charge is 0.134 e. The zero-order chi connectivity index (χ0) is 13.9. The average molecular weight is 283 g/mol. The van der Waals surface area contributed by atoms with Crippen LogP contribution in [0.4, 0.5) is 11.5 Å². The number of benzene rings is 1. The molecule has 0 aliphatic heterocycles. The molecule has 0 amide bonds. The highest BCUT2D eigenvalue weighted by Gasteiger charge is 2.05. The van der Waals surface area contributed by atoms with Crippen molar-refractivity contribution in [2.75, 3.05) is 16.7 Å². The summed E-state index contributed by atoms with van der Waals surface area (Å²) in [5, 5.41) is 0.855. The Labute approximate surface area is 120 Å². The van der Waals surface area contributed by atoms with Crippen LogP contribution in [0.5, 0.6) is 0 Å². The standard InChI is InChI=1S/C14H13N5S/c1-20-19-11-4-10(6-16-7-11)9-2-3-13-12(5-9)14(15)18-8-17-13/h2-8,19H,1H3,(H2,15,17,18). The zero-order valence-electron chi connectivity index (χ0n) is 10.9. The monoisotopic (exact) mass is 283 g/mol. The third-order valence-electron chi connectivity index (χ3n) is 2.96. The predicted octanol–water partition coefficient (Wildman–Crippen LogP) is 2.96. The van der Waals surface area contributed by atoms with Gasteiger partial charge in [0.25, 0.3) is 0 Å². The number of nitrogen functional groups attached to an aromatic ring is 1. The molecule has 2 heterocycles. The predicted molar refractivity (Wildman–Crippen MR) is 84.3 cm³/mol. The van der Waals surface area contributed by atoms with Crippen molar-refractivity contribution < 1.29 is 0 Å². The average Bonchev–Trinajstić information content (AvgIpc) is 2.48. The third-order valence-corrected chi connectivity index (χ3v) is 3.40. The molecule has 0 saturated heterocycles. The number of nitrogens with zero attached hydrogens (tertiary/aromatic N) is 3. The number of fused-ring (bicyclic) bond motifs is 1. The topological polar surface area (TPSA) is 76.7 Å². The molecule has 0 unspecified atom stereocenters. The van der Waals surface area contributed by atoms with E-state index in [2.05, 4.69) is 19.7 Å². The van der Waals surface area contributed by atoms with Gasteiger partial charge in [-0.15, -0.1) is 0 Å². The first-order valence-electron chi connectivity index (χ1n) is 6.02.